The number of nitrogens with one attached hydrogen (secondary N) is 1. The first kappa shape index (κ1) is 23.8. The standard InChI is InChI=1S/C28H26N2O5/c1-18(19-8-5-4-6-9-19)30-26(31)17-35-22-11-7-10-21(14-22)28(32)27-23-16-25(34-3)24(33-2)15-20(23)12-13-29-27/h4-16,18H,17H2,1-3H3,(H,30,31). The number of methoxy groups -OCH3 is 2. The highest BCUT2D eigenvalue weighted by Gasteiger charge is 2.18. The number of hydrogen-bond acceptors (Lipinski definition) is 6. The van der Waals surface area contributed by atoms with Crippen molar-refractivity contribution < 1.29 is 23.8 Å². The maximum absolute atomic E-state index is 13.3. The van der Waals surface area contributed by atoms with Gasteiger partial charge in [-0.15, -0.1) is 0 Å². The van der Waals surface area contributed by atoms with Crippen LogP contribution in [0.5, 0.6) is 17.2 Å². The summed E-state index contributed by atoms with van der Waals surface area (Å²) < 4.78 is 16.4. The van der Waals surface area contributed by atoms with E-state index < -0.39 is 0 Å². The Morgan fingerprint density at radius 1 is 0.914 bits per heavy atom. The zero-order valence-electron chi connectivity index (χ0n) is 19.8. The minimum Gasteiger partial charge on any atom is -0.493 e. The molecule has 178 valence electrons. The summed E-state index contributed by atoms with van der Waals surface area (Å²) >= 11 is 0. The summed E-state index contributed by atoms with van der Waals surface area (Å²) in [5.74, 6) is 0.970. The second kappa shape index (κ2) is 10.7. The van der Waals surface area contributed by atoms with Crippen LogP contribution in [0.4, 0.5) is 0 Å². The normalized spacial score (nSPS) is 11.5. The number of aromatic nitrogens is 1. The summed E-state index contributed by atoms with van der Waals surface area (Å²) in [6.07, 6.45) is 1.58. The van der Waals surface area contributed by atoms with Gasteiger partial charge in [0.2, 0.25) is 5.78 Å². The Kier molecular flexibility index (Phi) is 7.26. The number of ether oxygens (including phenoxy) is 3. The first-order valence-corrected chi connectivity index (χ1v) is 11.1. The molecule has 1 aromatic heterocycles. The third-order valence-electron chi connectivity index (χ3n) is 5.63. The van der Waals surface area contributed by atoms with Gasteiger partial charge in [0, 0.05) is 17.1 Å². The van der Waals surface area contributed by atoms with Gasteiger partial charge >= 0.3 is 0 Å². The van der Waals surface area contributed by atoms with Crippen molar-refractivity contribution in [2.24, 2.45) is 0 Å². The molecule has 0 bridgehead atoms. The minimum absolute atomic E-state index is 0.145. The van der Waals surface area contributed by atoms with Gasteiger partial charge in [0.05, 0.1) is 20.3 Å². The maximum atomic E-state index is 13.3. The molecule has 35 heavy (non-hydrogen) atoms. The Bertz CT molecular complexity index is 1350. The molecule has 0 saturated heterocycles. The highest BCUT2D eigenvalue weighted by molar-refractivity contribution is 6.15. The number of pyridine rings is 1. The molecular formula is C28H26N2O5. The van der Waals surface area contributed by atoms with Crippen molar-refractivity contribution in [1.29, 1.82) is 0 Å². The van der Waals surface area contributed by atoms with Gasteiger partial charge in [0.15, 0.2) is 18.1 Å². The number of rotatable bonds is 9. The lowest BCUT2D eigenvalue weighted by Gasteiger charge is -2.15. The third kappa shape index (κ3) is 5.41. The summed E-state index contributed by atoms with van der Waals surface area (Å²) in [4.78, 5) is 30.0. The van der Waals surface area contributed by atoms with Crippen LogP contribution in [-0.2, 0) is 4.79 Å². The smallest absolute Gasteiger partial charge is 0.258 e. The van der Waals surface area contributed by atoms with E-state index in [2.05, 4.69) is 10.3 Å². The fraction of sp³-hybridized carbons (Fsp3) is 0.179. The van der Waals surface area contributed by atoms with Crippen LogP contribution in [0.2, 0.25) is 0 Å². The molecule has 1 N–H and O–H groups in total. The summed E-state index contributed by atoms with van der Waals surface area (Å²) in [6, 6.07) is 21.6. The second-order valence-electron chi connectivity index (χ2n) is 7.93. The number of hydrogen-bond donors (Lipinski definition) is 1. The van der Waals surface area contributed by atoms with E-state index in [4.69, 9.17) is 14.2 Å². The lowest BCUT2D eigenvalue weighted by molar-refractivity contribution is -0.123. The van der Waals surface area contributed by atoms with Crippen LogP contribution in [0.1, 0.15) is 34.6 Å². The average Bonchev–Trinajstić information content (AvgIpc) is 2.90. The molecule has 0 fully saturated rings. The molecular weight excluding hydrogens is 444 g/mol. The fourth-order valence-corrected chi connectivity index (χ4v) is 3.80. The van der Waals surface area contributed by atoms with E-state index in [1.807, 2.05) is 43.3 Å². The zero-order valence-corrected chi connectivity index (χ0v) is 19.8. The van der Waals surface area contributed by atoms with Gasteiger partial charge < -0.3 is 19.5 Å². The quantitative estimate of drug-likeness (QED) is 0.356. The van der Waals surface area contributed by atoms with Gasteiger partial charge in [0.1, 0.15) is 11.4 Å². The number of amides is 1. The van der Waals surface area contributed by atoms with Crippen LogP contribution in [0.15, 0.2) is 79.0 Å². The van der Waals surface area contributed by atoms with E-state index in [9.17, 15) is 9.59 Å². The van der Waals surface area contributed by atoms with Crippen molar-refractivity contribution >= 4 is 22.5 Å². The van der Waals surface area contributed by atoms with Gasteiger partial charge in [0.25, 0.3) is 5.91 Å². The molecule has 1 heterocycles. The van der Waals surface area contributed by atoms with Crippen LogP contribution in [0.25, 0.3) is 10.8 Å². The fourth-order valence-electron chi connectivity index (χ4n) is 3.80. The molecule has 1 atom stereocenters. The van der Waals surface area contributed by atoms with Gasteiger partial charge in [-0.1, -0.05) is 42.5 Å². The van der Waals surface area contributed by atoms with Crippen LogP contribution in [-0.4, -0.2) is 37.5 Å². The van der Waals surface area contributed by atoms with Crippen molar-refractivity contribution in [1.82, 2.24) is 10.3 Å². The van der Waals surface area contributed by atoms with Gasteiger partial charge in [-0.05, 0) is 48.2 Å². The first-order valence-electron chi connectivity index (χ1n) is 11.1. The van der Waals surface area contributed by atoms with E-state index in [1.165, 1.54) is 0 Å². The van der Waals surface area contributed by atoms with Gasteiger partial charge in [-0.25, -0.2) is 0 Å². The van der Waals surface area contributed by atoms with Crippen LogP contribution in [0.3, 0.4) is 0 Å². The SMILES string of the molecule is COc1cc2ccnc(C(=O)c3cccc(OCC(=O)NC(C)c4ccccc4)c3)c2cc1OC. The van der Waals surface area contributed by atoms with Crippen LogP contribution >= 0.6 is 0 Å². The number of ketones is 1. The summed E-state index contributed by atoms with van der Waals surface area (Å²) in [6.45, 7) is 1.74. The minimum atomic E-state index is -0.268. The van der Waals surface area contributed by atoms with E-state index in [1.54, 1.807) is 56.8 Å². The maximum Gasteiger partial charge on any atom is 0.258 e. The molecule has 0 aliphatic heterocycles. The number of carbonyl (C=O) groups is 2. The third-order valence-corrected chi connectivity index (χ3v) is 5.63. The topological polar surface area (TPSA) is 86.8 Å². The molecule has 0 radical (unpaired) electrons. The monoisotopic (exact) mass is 470 g/mol. The molecule has 3 aromatic carbocycles. The molecule has 0 saturated carbocycles. The first-order chi connectivity index (χ1) is 17.0. The predicted molar refractivity (Wildman–Crippen MR) is 133 cm³/mol. The highest BCUT2D eigenvalue weighted by Crippen LogP contribution is 2.33. The Hall–Kier alpha value is -4.39. The van der Waals surface area contributed by atoms with E-state index >= 15 is 0 Å². The molecule has 0 aliphatic rings. The number of fused-ring (bicyclic) bond motifs is 1. The predicted octanol–water partition coefficient (Wildman–Crippen LogP) is 4.74. The van der Waals surface area contributed by atoms with Crippen molar-refractivity contribution in [3.05, 3.63) is 95.8 Å². The number of carbonyl (C=O) groups excluding carboxylic acids is 2. The average molecular weight is 471 g/mol. The van der Waals surface area contributed by atoms with Crippen molar-refractivity contribution in [2.45, 2.75) is 13.0 Å². The van der Waals surface area contributed by atoms with Crippen molar-refractivity contribution in [3.63, 3.8) is 0 Å². The molecule has 1 unspecified atom stereocenters. The Morgan fingerprint density at radius 2 is 1.66 bits per heavy atom. The molecule has 0 spiro atoms. The highest BCUT2D eigenvalue weighted by atomic mass is 16.5. The second-order valence-corrected chi connectivity index (χ2v) is 7.93. The lowest BCUT2D eigenvalue weighted by atomic mass is 10.0. The molecule has 4 rings (SSSR count). The van der Waals surface area contributed by atoms with E-state index in [0.717, 1.165) is 10.9 Å². The molecule has 1 amide bonds. The molecule has 4 aromatic rings. The van der Waals surface area contributed by atoms with Crippen molar-refractivity contribution in [3.8, 4) is 17.2 Å². The Morgan fingerprint density at radius 3 is 2.40 bits per heavy atom. The van der Waals surface area contributed by atoms with Crippen molar-refractivity contribution in [2.75, 3.05) is 20.8 Å². The largest absolute Gasteiger partial charge is 0.493 e. The van der Waals surface area contributed by atoms with E-state index in [-0.39, 0.29) is 30.0 Å². The number of benzene rings is 3. The summed E-state index contributed by atoms with van der Waals surface area (Å²) in [7, 11) is 3.10. The lowest BCUT2D eigenvalue weighted by Crippen LogP contribution is -2.31. The molecule has 7 heteroatoms. The van der Waals surface area contributed by atoms with Gasteiger partial charge in [-0.3, -0.25) is 14.6 Å². The molecule has 7 nitrogen and oxygen atoms in total. The van der Waals surface area contributed by atoms with Crippen LogP contribution < -0.4 is 19.5 Å². The molecule has 0 aliphatic carbocycles. The Labute approximate surface area is 203 Å². The van der Waals surface area contributed by atoms with E-state index in [0.29, 0.717) is 28.2 Å². The zero-order chi connectivity index (χ0) is 24.8. The summed E-state index contributed by atoms with van der Waals surface area (Å²) in [5.41, 5.74) is 1.69. The van der Waals surface area contributed by atoms with Crippen LogP contribution in [0, 0.1) is 0 Å². The number of nitrogens with zero attached hydrogens (tertiary/aromatic N) is 1. The van der Waals surface area contributed by atoms with Gasteiger partial charge in [-0.2, -0.15) is 0 Å². The summed E-state index contributed by atoms with van der Waals surface area (Å²) in [5, 5.41) is 4.36. The Balaban J connectivity index is 1.49.